The molecule has 0 saturated heterocycles. The van der Waals surface area contributed by atoms with Gasteiger partial charge >= 0.3 is 5.97 Å². The first-order chi connectivity index (χ1) is 13.4. The van der Waals surface area contributed by atoms with Gasteiger partial charge in [-0.2, -0.15) is 0 Å². The van der Waals surface area contributed by atoms with Crippen molar-refractivity contribution >= 4 is 11.9 Å². The van der Waals surface area contributed by atoms with Crippen molar-refractivity contribution in [1.29, 1.82) is 0 Å². The summed E-state index contributed by atoms with van der Waals surface area (Å²) in [7, 11) is 2.79. The highest BCUT2D eigenvalue weighted by Gasteiger charge is 2.16. The normalized spacial score (nSPS) is 10.2. The zero-order chi connectivity index (χ0) is 20.5. The maximum atomic E-state index is 14.1. The van der Waals surface area contributed by atoms with Crippen LogP contribution in [0.5, 0.6) is 17.2 Å². The summed E-state index contributed by atoms with van der Waals surface area (Å²) in [5, 5.41) is 11.2. The molecule has 0 unspecified atom stereocenters. The average molecular weight is 391 g/mol. The Bertz CT molecular complexity index is 822. The van der Waals surface area contributed by atoms with Crippen LogP contribution < -0.4 is 19.5 Å². The molecule has 0 aliphatic heterocycles. The van der Waals surface area contributed by atoms with Crippen LogP contribution in [-0.2, 0) is 11.3 Å². The smallest absolute Gasteiger partial charge is 0.303 e. The van der Waals surface area contributed by atoms with Crippen molar-refractivity contribution in [3.8, 4) is 17.2 Å². The number of benzene rings is 2. The van der Waals surface area contributed by atoms with Gasteiger partial charge in [0.2, 0.25) is 0 Å². The highest BCUT2D eigenvalue weighted by atomic mass is 19.1. The Hall–Kier alpha value is -3.29. The number of amides is 1. The number of nitrogens with one attached hydrogen (secondary N) is 1. The molecule has 0 fully saturated rings. The van der Waals surface area contributed by atoms with Crippen LogP contribution in [0.2, 0.25) is 0 Å². The lowest BCUT2D eigenvalue weighted by molar-refractivity contribution is -0.137. The molecule has 0 aromatic heterocycles. The van der Waals surface area contributed by atoms with Crippen molar-refractivity contribution in [1.82, 2.24) is 5.32 Å². The first kappa shape index (κ1) is 21.0. The number of hydrogen-bond donors (Lipinski definition) is 2. The molecule has 2 N–H and O–H groups in total. The molecule has 0 heterocycles. The van der Waals surface area contributed by atoms with Gasteiger partial charge in [-0.1, -0.05) is 12.1 Å². The zero-order valence-corrected chi connectivity index (χ0v) is 15.7. The first-order valence-corrected chi connectivity index (χ1v) is 8.58. The molecule has 1 amide bonds. The number of halogens is 1. The van der Waals surface area contributed by atoms with E-state index in [2.05, 4.69) is 5.32 Å². The molecule has 0 radical (unpaired) electrons. The number of carboxylic acid groups (broad SMARTS) is 1. The van der Waals surface area contributed by atoms with Crippen LogP contribution in [0.15, 0.2) is 36.4 Å². The Morgan fingerprint density at radius 3 is 2.32 bits per heavy atom. The minimum atomic E-state index is -0.861. The minimum absolute atomic E-state index is 0.0524. The van der Waals surface area contributed by atoms with Crippen LogP contribution in [0.4, 0.5) is 4.39 Å². The van der Waals surface area contributed by atoms with Gasteiger partial charge < -0.3 is 24.6 Å². The molecule has 0 saturated carbocycles. The van der Waals surface area contributed by atoms with E-state index in [1.165, 1.54) is 20.3 Å². The van der Waals surface area contributed by atoms with Crippen molar-refractivity contribution in [3.05, 3.63) is 53.3 Å². The molecule has 2 aromatic rings. The van der Waals surface area contributed by atoms with E-state index in [1.807, 2.05) is 0 Å². The summed E-state index contributed by atoms with van der Waals surface area (Å²) in [6.45, 7) is 0.507. The van der Waals surface area contributed by atoms with Gasteiger partial charge in [0.05, 0.1) is 26.4 Å². The molecule has 2 rings (SSSR count). The van der Waals surface area contributed by atoms with Crippen LogP contribution in [0.3, 0.4) is 0 Å². The largest absolute Gasteiger partial charge is 0.494 e. The molecule has 0 aliphatic rings. The number of carbonyl (C=O) groups excluding carboxylic acids is 1. The number of methoxy groups -OCH3 is 2. The average Bonchev–Trinajstić information content (AvgIpc) is 2.69. The van der Waals surface area contributed by atoms with Gasteiger partial charge in [-0.05, 0) is 30.2 Å². The van der Waals surface area contributed by atoms with Crippen molar-refractivity contribution < 1.29 is 33.3 Å². The topological polar surface area (TPSA) is 94.1 Å². The Kier molecular flexibility index (Phi) is 7.62. The first-order valence-electron chi connectivity index (χ1n) is 8.58. The van der Waals surface area contributed by atoms with Gasteiger partial charge in [0, 0.05) is 19.0 Å². The number of hydrogen-bond acceptors (Lipinski definition) is 5. The van der Waals surface area contributed by atoms with E-state index in [1.54, 1.807) is 24.3 Å². The Labute approximate surface area is 162 Å². The third-order valence-corrected chi connectivity index (χ3v) is 3.90. The van der Waals surface area contributed by atoms with Gasteiger partial charge in [-0.15, -0.1) is 0 Å². The second kappa shape index (κ2) is 10.1. The summed E-state index contributed by atoms with van der Waals surface area (Å²) in [6, 6.07) is 9.36. The van der Waals surface area contributed by atoms with Crippen molar-refractivity contribution in [2.45, 2.75) is 19.4 Å². The molecule has 7 nitrogen and oxygen atoms in total. The third-order valence-electron chi connectivity index (χ3n) is 3.90. The Morgan fingerprint density at radius 2 is 1.71 bits per heavy atom. The minimum Gasteiger partial charge on any atom is -0.494 e. The van der Waals surface area contributed by atoms with E-state index in [0.717, 1.165) is 11.6 Å². The number of rotatable bonds is 10. The molecule has 150 valence electrons. The standard InChI is InChI=1S/C20H22FNO6/c1-26-17-10-15(16(21)11-18(17)27-2)20(25)22-12-13-5-7-14(8-6-13)28-9-3-4-19(23)24/h5-8,10-11H,3-4,9,12H2,1-2H3,(H,22,25)(H,23,24). The predicted molar refractivity (Wildman–Crippen MR) is 99.5 cm³/mol. The maximum Gasteiger partial charge on any atom is 0.303 e. The molecular formula is C20H22FNO6. The fourth-order valence-electron chi connectivity index (χ4n) is 2.42. The van der Waals surface area contributed by atoms with Crippen LogP contribution in [0, 0.1) is 5.82 Å². The summed E-state index contributed by atoms with van der Waals surface area (Å²) in [5.41, 5.74) is 0.656. The lowest BCUT2D eigenvalue weighted by Crippen LogP contribution is -2.24. The highest BCUT2D eigenvalue weighted by molar-refractivity contribution is 5.95. The van der Waals surface area contributed by atoms with Gasteiger partial charge in [-0.25, -0.2) is 4.39 Å². The van der Waals surface area contributed by atoms with Gasteiger partial charge in [-0.3, -0.25) is 9.59 Å². The highest BCUT2D eigenvalue weighted by Crippen LogP contribution is 2.29. The molecule has 0 aliphatic carbocycles. The molecule has 0 spiro atoms. The summed E-state index contributed by atoms with van der Waals surface area (Å²) in [6.07, 6.45) is 0.473. The van der Waals surface area contributed by atoms with E-state index in [4.69, 9.17) is 19.3 Å². The molecule has 28 heavy (non-hydrogen) atoms. The maximum absolute atomic E-state index is 14.1. The fourth-order valence-corrected chi connectivity index (χ4v) is 2.42. The number of ether oxygens (including phenoxy) is 3. The second-order valence-electron chi connectivity index (χ2n) is 5.86. The Balaban J connectivity index is 1.91. The van der Waals surface area contributed by atoms with E-state index in [0.29, 0.717) is 18.8 Å². The van der Waals surface area contributed by atoms with E-state index >= 15 is 0 Å². The lowest BCUT2D eigenvalue weighted by atomic mass is 10.1. The van der Waals surface area contributed by atoms with Crippen LogP contribution in [0.25, 0.3) is 0 Å². The SMILES string of the molecule is COc1cc(F)c(C(=O)NCc2ccc(OCCCC(=O)O)cc2)cc1OC. The number of carboxylic acids is 1. The van der Waals surface area contributed by atoms with E-state index < -0.39 is 17.7 Å². The third kappa shape index (κ3) is 5.87. The van der Waals surface area contributed by atoms with E-state index in [-0.39, 0.29) is 30.0 Å². The second-order valence-corrected chi connectivity index (χ2v) is 5.86. The zero-order valence-electron chi connectivity index (χ0n) is 15.7. The molecule has 2 aromatic carbocycles. The van der Waals surface area contributed by atoms with Gasteiger partial charge in [0.25, 0.3) is 5.91 Å². The van der Waals surface area contributed by atoms with Crippen LogP contribution >= 0.6 is 0 Å². The van der Waals surface area contributed by atoms with Crippen molar-refractivity contribution in [2.75, 3.05) is 20.8 Å². The predicted octanol–water partition coefficient (Wildman–Crippen LogP) is 3.02. The van der Waals surface area contributed by atoms with Crippen molar-refractivity contribution in [2.24, 2.45) is 0 Å². The monoisotopic (exact) mass is 391 g/mol. The van der Waals surface area contributed by atoms with Gasteiger partial charge in [0.15, 0.2) is 11.5 Å². The molecule has 0 bridgehead atoms. The molecular weight excluding hydrogens is 369 g/mol. The summed E-state index contributed by atoms with van der Waals surface area (Å²) in [5.74, 6) is -1.08. The lowest BCUT2D eigenvalue weighted by Gasteiger charge is -2.11. The quantitative estimate of drug-likeness (QED) is 0.605. The van der Waals surface area contributed by atoms with Crippen molar-refractivity contribution in [3.63, 3.8) is 0 Å². The van der Waals surface area contributed by atoms with Crippen LogP contribution in [-0.4, -0.2) is 37.8 Å². The summed E-state index contributed by atoms with van der Waals surface area (Å²) in [4.78, 5) is 22.7. The number of aliphatic carboxylic acids is 1. The van der Waals surface area contributed by atoms with E-state index in [9.17, 15) is 14.0 Å². The number of carbonyl (C=O) groups is 2. The van der Waals surface area contributed by atoms with Gasteiger partial charge in [0.1, 0.15) is 11.6 Å². The Morgan fingerprint density at radius 1 is 1.07 bits per heavy atom. The molecule has 8 heteroatoms. The summed E-state index contributed by atoms with van der Waals surface area (Å²) >= 11 is 0. The van der Waals surface area contributed by atoms with Crippen LogP contribution in [0.1, 0.15) is 28.8 Å². The summed E-state index contributed by atoms with van der Waals surface area (Å²) < 4.78 is 29.7. The molecule has 0 atom stereocenters. The fraction of sp³-hybridized carbons (Fsp3) is 0.300.